The number of amides is 1. The molecule has 0 bridgehead atoms. The van der Waals surface area contributed by atoms with E-state index in [1.54, 1.807) is 12.1 Å². The van der Waals surface area contributed by atoms with Crippen molar-refractivity contribution in [1.82, 2.24) is 14.5 Å². The molecule has 2 aromatic rings. The predicted molar refractivity (Wildman–Crippen MR) is 98.7 cm³/mol. The third-order valence-corrected chi connectivity index (χ3v) is 5.51. The van der Waals surface area contributed by atoms with Crippen LogP contribution in [0.5, 0.6) is 0 Å². The summed E-state index contributed by atoms with van der Waals surface area (Å²) < 4.78 is 13.3. The molecule has 2 aliphatic heterocycles. The number of hydrogen-bond acceptors (Lipinski definition) is 5. The van der Waals surface area contributed by atoms with Crippen molar-refractivity contribution in [2.45, 2.75) is 25.7 Å². The largest absolute Gasteiger partial charge is 0.350 e. The average Bonchev–Trinajstić information content (AvgIpc) is 3.19. The maximum atomic E-state index is 12.6. The lowest BCUT2D eigenvalue weighted by Gasteiger charge is -2.33. The van der Waals surface area contributed by atoms with Crippen LogP contribution in [0.4, 0.5) is 0 Å². The number of halogens is 1. The highest BCUT2D eigenvalue weighted by atomic mass is 79.9. The van der Waals surface area contributed by atoms with Gasteiger partial charge in [-0.1, -0.05) is 15.9 Å². The van der Waals surface area contributed by atoms with E-state index in [1.165, 1.54) is 10.9 Å². The van der Waals surface area contributed by atoms with E-state index in [9.17, 15) is 9.59 Å². The molecular weight excluding hydrogens is 402 g/mol. The van der Waals surface area contributed by atoms with Crippen LogP contribution < -0.4 is 5.56 Å². The lowest BCUT2D eigenvalue weighted by molar-refractivity contribution is -0.137. The molecule has 0 atom stereocenters. The highest BCUT2D eigenvalue weighted by molar-refractivity contribution is 9.10. The van der Waals surface area contributed by atoms with Gasteiger partial charge in [0.1, 0.15) is 6.54 Å². The normalized spacial score (nSPS) is 19.3. The summed E-state index contributed by atoms with van der Waals surface area (Å²) >= 11 is 3.37. The molecule has 0 N–H and O–H groups in total. The molecule has 0 aliphatic carbocycles. The Morgan fingerprint density at radius 3 is 2.69 bits per heavy atom. The first kappa shape index (κ1) is 17.6. The lowest BCUT2D eigenvalue weighted by atomic mass is 9.96. The minimum absolute atomic E-state index is 0.00931. The van der Waals surface area contributed by atoms with Crippen LogP contribution in [0.15, 0.2) is 33.8 Å². The number of carbonyl (C=O) groups is 1. The van der Waals surface area contributed by atoms with E-state index in [1.807, 2.05) is 11.0 Å². The van der Waals surface area contributed by atoms with Gasteiger partial charge in [0.05, 0.1) is 30.4 Å². The molecule has 3 heterocycles. The van der Waals surface area contributed by atoms with Crippen LogP contribution in [-0.2, 0) is 20.8 Å². The van der Waals surface area contributed by atoms with Crippen LogP contribution in [0.2, 0.25) is 0 Å². The van der Waals surface area contributed by atoms with Gasteiger partial charge in [0.15, 0.2) is 6.29 Å². The summed E-state index contributed by atoms with van der Waals surface area (Å²) in [5.74, 6) is 0.277. The van der Waals surface area contributed by atoms with Gasteiger partial charge >= 0.3 is 0 Å². The van der Waals surface area contributed by atoms with Crippen molar-refractivity contribution in [2.24, 2.45) is 5.92 Å². The zero-order valence-electron chi connectivity index (χ0n) is 14.3. The number of aromatic nitrogens is 2. The first-order chi connectivity index (χ1) is 12.6. The number of rotatable bonds is 3. The van der Waals surface area contributed by atoms with Crippen molar-refractivity contribution in [3.05, 3.63) is 39.4 Å². The Hall–Kier alpha value is -1.77. The fourth-order valence-corrected chi connectivity index (χ4v) is 3.92. The number of nitrogens with zero attached hydrogens (tertiary/aromatic N) is 3. The second kappa shape index (κ2) is 7.46. The van der Waals surface area contributed by atoms with Gasteiger partial charge < -0.3 is 14.4 Å². The van der Waals surface area contributed by atoms with Crippen molar-refractivity contribution in [3.63, 3.8) is 0 Å². The Morgan fingerprint density at radius 1 is 1.23 bits per heavy atom. The molecule has 7 nitrogen and oxygen atoms in total. The molecule has 26 heavy (non-hydrogen) atoms. The molecule has 0 saturated carbocycles. The SMILES string of the molecule is O=C(Cn1cnc2ccc(Br)cc2c1=O)N1CCC(C2OCCO2)CC1. The second-order valence-corrected chi connectivity index (χ2v) is 7.58. The summed E-state index contributed by atoms with van der Waals surface area (Å²) in [5.41, 5.74) is 0.423. The molecule has 0 radical (unpaired) electrons. The van der Waals surface area contributed by atoms with Crippen LogP contribution >= 0.6 is 15.9 Å². The third-order valence-electron chi connectivity index (χ3n) is 5.02. The van der Waals surface area contributed by atoms with Gasteiger partial charge in [-0.15, -0.1) is 0 Å². The number of benzene rings is 1. The Balaban J connectivity index is 1.43. The van der Waals surface area contributed by atoms with Crippen molar-refractivity contribution in [1.29, 1.82) is 0 Å². The molecule has 138 valence electrons. The molecule has 8 heteroatoms. The van der Waals surface area contributed by atoms with Gasteiger partial charge in [-0.05, 0) is 31.0 Å². The lowest BCUT2D eigenvalue weighted by Crippen LogP contribution is -2.43. The Kier molecular flexibility index (Phi) is 5.06. The monoisotopic (exact) mass is 421 g/mol. The number of fused-ring (bicyclic) bond motifs is 1. The van der Waals surface area contributed by atoms with Crippen molar-refractivity contribution in [2.75, 3.05) is 26.3 Å². The summed E-state index contributed by atoms with van der Waals surface area (Å²) in [4.78, 5) is 31.3. The smallest absolute Gasteiger partial charge is 0.261 e. The minimum Gasteiger partial charge on any atom is -0.350 e. The molecule has 2 fully saturated rings. The molecule has 0 spiro atoms. The predicted octanol–water partition coefficient (Wildman–Crippen LogP) is 1.77. The number of hydrogen-bond donors (Lipinski definition) is 0. The van der Waals surface area contributed by atoms with Gasteiger partial charge in [0.25, 0.3) is 5.56 Å². The van der Waals surface area contributed by atoms with Crippen LogP contribution in [-0.4, -0.2) is 53.0 Å². The molecule has 0 unspecified atom stereocenters. The third kappa shape index (κ3) is 3.54. The van der Waals surface area contributed by atoms with Crippen LogP contribution in [0, 0.1) is 5.92 Å². The maximum Gasteiger partial charge on any atom is 0.261 e. The highest BCUT2D eigenvalue weighted by Gasteiger charge is 2.31. The fourth-order valence-electron chi connectivity index (χ4n) is 3.56. The molecule has 1 amide bonds. The number of likely N-dealkylation sites (tertiary alicyclic amines) is 1. The maximum absolute atomic E-state index is 12.6. The zero-order valence-corrected chi connectivity index (χ0v) is 15.9. The van der Waals surface area contributed by atoms with Gasteiger partial charge in [-0.3, -0.25) is 14.2 Å². The zero-order chi connectivity index (χ0) is 18.1. The van der Waals surface area contributed by atoms with E-state index in [0.29, 0.717) is 43.1 Å². The molecule has 1 aromatic carbocycles. The number of ether oxygens (including phenoxy) is 2. The Morgan fingerprint density at radius 2 is 1.96 bits per heavy atom. The highest BCUT2D eigenvalue weighted by Crippen LogP contribution is 2.25. The summed E-state index contributed by atoms with van der Waals surface area (Å²) in [7, 11) is 0. The van der Waals surface area contributed by atoms with Crippen molar-refractivity contribution < 1.29 is 14.3 Å². The molecule has 4 rings (SSSR count). The van der Waals surface area contributed by atoms with Crippen molar-refractivity contribution in [3.8, 4) is 0 Å². The number of carbonyl (C=O) groups excluding carboxylic acids is 1. The average molecular weight is 422 g/mol. The van der Waals surface area contributed by atoms with E-state index in [-0.39, 0.29) is 24.3 Å². The minimum atomic E-state index is -0.202. The Labute approximate surface area is 159 Å². The molecule has 2 saturated heterocycles. The Bertz CT molecular complexity index is 870. The summed E-state index contributed by atoms with van der Waals surface area (Å²) in [6.45, 7) is 2.63. The van der Waals surface area contributed by atoms with Gasteiger partial charge in [-0.25, -0.2) is 4.98 Å². The van der Waals surface area contributed by atoms with Gasteiger partial charge in [0, 0.05) is 23.5 Å². The standard InChI is InChI=1S/C18H20BrN3O4/c19-13-1-2-15-14(9-13)17(24)22(11-20-15)10-16(23)21-5-3-12(4-6-21)18-25-7-8-26-18/h1-2,9,11-12,18H,3-8,10H2. The van der Waals surface area contributed by atoms with Crippen LogP contribution in [0.3, 0.4) is 0 Å². The van der Waals surface area contributed by atoms with E-state index in [2.05, 4.69) is 20.9 Å². The van der Waals surface area contributed by atoms with E-state index < -0.39 is 0 Å². The summed E-state index contributed by atoms with van der Waals surface area (Å²) in [6, 6.07) is 5.36. The van der Waals surface area contributed by atoms with Crippen LogP contribution in [0.1, 0.15) is 12.8 Å². The van der Waals surface area contributed by atoms with Gasteiger partial charge in [0.2, 0.25) is 5.91 Å². The second-order valence-electron chi connectivity index (χ2n) is 6.67. The fraction of sp³-hybridized carbons (Fsp3) is 0.500. The summed E-state index contributed by atoms with van der Waals surface area (Å²) in [5, 5.41) is 0.504. The van der Waals surface area contributed by atoms with E-state index >= 15 is 0 Å². The first-order valence-corrected chi connectivity index (χ1v) is 9.57. The molecule has 2 aliphatic rings. The topological polar surface area (TPSA) is 73.7 Å². The van der Waals surface area contributed by atoms with Crippen LogP contribution in [0.25, 0.3) is 10.9 Å². The quantitative estimate of drug-likeness (QED) is 0.754. The first-order valence-electron chi connectivity index (χ1n) is 8.77. The van der Waals surface area contributed by atoms with E-state index in [0.717, 1.165) is 17.3 Å². The number of piperidine rings is 1. The molecular formula is C18H20BrN3O4. The molecule has 1 aromatic heterocycles. The van der Waals surface area contributed by atoms with Gasteiger partial charge in [-0.2, -0.15) is 0 Å². The summed E-state index contributed by atoms with van der Waals surface area (Å²) in [6.07, 6.45) is 3.03. The van der Waals surface area contributed by atoms with E-state index in [4.69, 9.17) is 9.47 Å². The van der Waals surface area contributed by atoms with Crippen molar-refractivity contribution >= 4 is 32.7 Å².